The maximum atomic E-state index is 12.6. The highest BCUT2D eigenvalue weighted by molar-refractivity contribution is 6.34. The van der Waals surface area contributed by atoms with E-state index in [2.05, 4.69) is 11.1 Å². The first kappa shape index (κ1) is 15.8. The number of carbonyl (C=O) groups excluding carboxylic acids is 1. The van der Waals surface area contributed by atoms with Crippen molar-refractivity contribution >= 4 is 29.1 Å². The highest BCUT2D eigenvalue weighted by atomic mass is 35.5. The van der Waals surface area contributed by atoms with Gasteiger partial charge in [0.2, 0.25) is 0 Å². The van der Waals surface area contributed by atoms with E-state index in [4.69, 9.17) is 23.2 Å². The molecule has 0 bridgehead atoms. The molecule has 0 saturated carbocycles. The van der Waals surface area contributed by atoms with Crippen molar-refractivity contribution < 1.29 is 4.79 Å². The number of carbonyl (C=O) groups is 1. The van der Waals surface area contributed by atoms with Gasteiger partial charge in [-0.1, -0.05) is 53.0 Å². The van der Waals surface area contributed by atoms with Gasteiger partial charge in [-0.3, -0.25) is 4.79 Å². The number of benzene rings is 1. The Hall–Kier alpha value is -1.58. The molecular formula is C16H16Cl2N2O. The number of hydrogen-bond donors (Lipinski definition) is 0. The first-order valence-corrected chi connectivity index (χ1v) is 7.43. The summed E-state index contributed by atoms with van der Waals surface area (Å²) in [4.78, 5) is 18.3. The molecular weight excluding hydrogens is 307 g/mol. The van der Waals surface area contributed by atoms with Crippen LogP contribution in [0.25, 0.3) is 0 Å². The average molecular weight is 323 g/mol. The van der Waals surface area contributed by atoms with Crippen molar-refractivity contribution in [3.8, 4) is 0 Å². The van der Waals surface area contributed by atoms with Gasteiger partial charge in [-0.25, -0.2) is 4.98 Å². The van der Waals surface area contributed by atoms with Crippen LogP contribution in [0.1, 0.15) is 28.5 Å². The van der Waals surface area contributed by atoms with Crippen LogP contribution in [-0.2, 0) is 6.54 Å². The maximum Gasteiger partial charge on any atom is 0.274 e. The zero-order valence-corrected chi connectivity index (χ0v) is 13.4. The lowest BCUT2D eigenvalue weighted by atomic mass is 10.1. The number of pyridine rings is 1. The summed E-state index contributed by atoms with van der Waals surface area (Å²) in [6.45, 7) is 5.03. The molecule has 1 aromatic heterocycles. The van der Waals surface area contributed by atoms with E-state index in [0.29, 0.717) is 18.1 Å². The summed E-state index contributed by atoms with van der Waals surface area (Å²) < 4.78 is 0. The number of rotatable bonds is 4. The van der Waals surface area contributed by atoms with Crippen LogP contribution in [-0.4, -0.2) is 22.3 Å². The lowest BCUT2D eigenvalue weighted by Crippen LogP contribution is -2.31. The van der Waals surface area contributed by atoms with Gasteiger partial charge in [-0.15, -0.1) is 0 Å². The Morgan fingerprint density at radius 3 is 2.67 bits per heavy atom. The molecule has 0 unspecified atom stereocenters. The van der Waals surface area contributed by atoms with Crippen molar-refractivity contribution in [2.24, 2.45) is 0 Å². The normalized spacial score (nSPS) is 10.5. The third-order valence-electron chi connectivity index (χ3n) is 3.14. The lowest BCUT2D eigenvalue weighted by Gasteiger charge is -2.21. The molecule has 1 amide bonds. The Morgan fingerprint density at radius 2 is 2.00 bits per heavy atom. The van der Waals surface area contributed by atoms with Crippen LogP contribution in [0.15, 0.2) is 36.4 Å². The van der Waals surface area contributed by atoms with E-state index in [1.165, 1.54) is 0 Å². The molecule has 2 aromatic rings. The predicted molar refractivity (Wildman–Crippen MR) is 85.9 cm³/mol. The van der Waals surface area contributed by atoms with Crippen molar-refractivity contribution in [1.82, 2.24) is 9.88 Å². The van der Waals surface area contributed by atoms with E-state index in [-0.39, 0.29) is 16.8 Å². The van der Waals surface area contributed by atoms with E-state index < -0.39 is 0 Å². The zero-order chi connectivity index (χ0) is 15.4. The van der Waals surface area contributed by atoms with Crippen LogP contribution in [0.4, 0.5) is 0 Å². The number of halogens is 2. The summed E-state index contributed by atoms with van der Waals surface area (Å²) in [5.41, 5.74) is 2.43. The second-order valence-corrected chi connectivity index (χ2v) is 5.57. The van der Waals surface area contributed by atoms with Crippen LogP contribution in [0.2, 0.25) is 10.2 Å². The lowest BCUT2D eigenvalue weighted by molar-refractivity contribution is 0.0747. The monoisotopic (exact) mass is 322 g/mol. The molecule has 0 atom stereocenters. The van der Waals surface area contributed by atoms with Crippen LogP contribution >= 0.6 is 23.2 Å². The van der Waals surface area contributed by atoms with Gasteiger partial charge in [-0.05, 0) is 31.5 Å². The van der Waals surface area contributed by atoms with E-state index in [0.717, 1.165) is 11.1 Å². The fourth-order valence-electron chi connectivity index (χ4n) is 2.08. The molecule has 0 radical (unpaired) electrons. The summed E-state index contributed by atoms with van der Waals surface area (Å²) in [6.07, 6.45) is 0. The van der Waals surface area contributed by atoms with E-state index in [1.807, 2.05) is 32.0 Å². The summed E-state index contributed by atoms with van der Waals surface area (Å²) in [6, 6.07) is 11.2. The third kappa shape index (κ3) is 3.96. The molecule has 2 rings (SSSR count). The molecule has 110 valence electrons. The molecule has 1 heterocycles. The van der Waals surface area contributed by atoms with E-state index in [9.17, 15) is 4.79 Å². The number of nitrogens with zero attached hydrogens (tertiary/aromatic N) is 2. The van der Waals surface area contributed by atoms with Gasteiger partial charge in [0.1, 0.15) is 10.8 Å². The smallest absolute Gasteiger partial charge is 0.274 e. The second kappa shape index (κ2) is 6.92. The maximum absolute atomic E-state index is 12.6. The number of amides is 1. The van der Waals surface area contributed by atoms with Crippen molar-refractivity contribution in [2.75, 3.05) is 6.54 Å². The predicted octanol–water partition coefficient (Wildman–Crippen LogP) is 4.36. The first-order valence-electron chi connectivity index (χ1n) is 6.68. The summed E-state index contributed by atoms with van der Waals surface area (Å²) in [7, 11) is 0. The number of aromatic nitrogens is 1. The zero-order valence-electron chi connectivity index (χ0n) is 11.9. The van der Waals surface area contributed by atoms with Gasteiger partial charge in [-0.2, -0.15) is 0 Å². The van der Waals surface area contributed by atoms with Crippen molar-refractivity contribution in [1.29, 1.82) is 0 Å². The summed E-state index contributed by atoms with van der Waals surface area (Å²) in [5, 5.41) is 0.571. The van der Waals surface area contributed by atoms with Gasteiger partial charge < -0.3 is 4.90 Å². The molecule has 21 heavy (non-hydrogen) atoms. The first-order chi connectivity index (χ1) is 10.0. The minimum Gasteiger partial charge on any atom is -0.333 e. The standard InChI is InChI=1S/C16H16Cl2N2O/c1-3-20(10-12-6-4-5-11(2)9-12)16(21)15-13(17)7-8-14(18)19-15/h4-9H,3,10H2,1-2H3. The molecule has 0 fully saturated rings. The fourth-order valence-corrected chi connectivity index (χ4v) is 2.41. The minimum atomic E-state index is -0.216. The highest BCUT2D eigenvalue weighted by Crippen LogP contribution is 2.19. The molecule has 0 aliphatic rings. The molecule has 0 aliphatic heterocycles. The van der Waals surface area contributed by atoms with Gasteiger partial charge >= 0.3 is 0 Å². The molecule has 0 aliphatic carbocycles. The van der Waals surface area contributed by atoms with Crippen LogP contribution in [0, 0.1) is 6.92 Å². The van der Waals surface area contributed by atoms with Crippen LogP contribution in [0.3, 0.4) is 0 Å². The van der Waals surface area contributed by atoms with Crippen LogP contribution in [0.5, 0.6) is 0 Å². The Balaban J connectivity index is 2.24. The molecule has 3 nitrogen and oxygen atoms in total. The highest BCUT2D eigenvalue weighted by Gasteiger charge is 2.19. The van der Waals surface area contributed by atoms with Gasteiger partial charge in [0.05, 0.1) is 5.02 Å². The topological polar surface area (TPSA) is 33.2 Å². The van der Waals surface area contributed by atoms with E-state index >= 15 is 0 Å². The van der Waals surface area contributed by atoms with Crippen molar-refractivity contribution in [2.45, 2.75) is 20.4 Å². The molecule has 0 saturated heterocycles. The van der Waals surface area contributed by atoms with Gasteiger partial charge in [0.15, 0.2) is 0 Å². The Morgan fingerprint density at radius 1 is 1.24 bits per heavy atom. The second-order valence-electron chi connectivity index (χ2n) is 4.77. The number of hydrogen-bond acceptors (Lipinski definition) is 2. The molecule has 0 spiro atoms. The Bertz CT molecular complexity index is 658. The van der Waals surface area contributed by atoms with Crippen LogP contribution < -0.4 is 0 Å². The SMILES string of the molecule is CCN(Cc1cccc(C)c1)C(=O)c1nc(Cl)ccc1Cl. The van der Waals surface area contributed by atoms with Gasteiger partial charge in [0.25, 0.3) is 5.91 Å². The minimum absolute atomic E-state index is 0.193. The molecule has 5 heteroatoms. The summed E-state index contributed by atoms with van der Waals surface area (Å²) in [5.74, 6) is -0.216. The van der Waals surface area contributed by atoms with Crippen molar-refractivity contribution in [3.05, 3.63) is 63.4 Å². The fraction of sp³-hybridized carbons (Fsp3) is 0.250. The average Bonchev–Trinajstić information content (AvgIpc) is 2.46. The number of aryl methyl sites for hydroxylation is 1. The largest absolute Gasteiger partial charge is 0.333 e. The molecule has 0 N–H and O–H groups in total. The third-order valence-corrected chi connectivity index (χ3v) is 3.65. The quantitative estimate of drug-likeness (QED) is 0.783. The summed E-state index contributed by atoms with van der Waals surface area (Å²) >= 11 is 11.9. The van der Waals surface area contributed by atoms with E-state index in [1.54, 1.807) is 17.0 Å². The Labute approximate surface area is 134 Å². The van der Waals surface area contributed by atoms with Gasteiger partial charge in [0, 0.05) is 13.1 Å². The Kier molecular flexibility index (Phi) is 5.21. The van der Waals surface area contributed by atoms with Crippen molar-refractivity contribution in [3.63, 3.8) is 0 Å². The molecule has 1 aromatic carbocycles.